The number of rotatable bonds is 4. The summed E-state index contributed by atoms with van der Waals surface area (Å²) in [6.45, 7) is 8.16. The van der Waals surface area contributed by atoms with Gasteiger partial charge in [-0.25, -0.2) is 0 Å². The van der Waals surface area contributed by atoms with E-state index in [0.29, 0.717) is 0 Å². The number of carbonyl (C=O) groups excluding carboxylic acids is 1. The van der Waals surface area contributed by atoms with Crippen molar-refractivity contribution in [1.29, 1.82) is 0 Å². The van der Waals surface area contributed by atoms with E-state index in [1.807, 2.05) is 13.8 Å². The summed E-state index contributed by atoms with van der Waals surface area (Å²) in [7, 11) is 0. The van der Waals surface area contributed by atoms with Crippen molar-refractivity contribution in [1.82, 2.24) is 0 Å². The highest BCUT2D eigenvalue weighted by atomic mass is 16.5. The van der Waals surface area contributed by atoms with Gasteiger partial charge < -0.3 is 9.47 Å². The summed E-state index contributed by atoms with van der Waals surface area (Å²) >= 11 is 0. The first-order chi connectivity index (χ1) is 6.99. The summed E-state index contributed by atoms with van der Waals surface area (Å²) < 4.78 is 11.2. The fourth-order valence-electron chi connectivity index (χ4n) is 1.85. The highest BCUT2D eigenvalue weighted by Crippen LogP contribution is 2.21. The molecule has 0 saturated carbocycles. The van der Waals surface area contributed by atoms with Gasteiger partial charge in [0.05, 0.1) is 18.3 Å². The molecule has 2 unspecified atom stereocenters. The summed E-state index contributed by atoms with van der Waals surface area (Å²) in [6, 6.07) is 0. The van der Waals surface area contributed by atoms with Crippen LogP contribution < -0.4 is 0 Å². The first-order valence-electron chi connectivity index (χ1n) is 5.78. The molecule has 2 atom stereocenters. The molecule has 1 rings (SSSR count). The van der Waals surface area contributed by atoms with Crippen LogP contribution in [0.4, 0.5) is 0 Å². The summed E-state index contributed by atoms with van der Waals surface area (Å²) in [5, 5.41) is 0. The Kier molecular flexibility index (Phi) is 4.74. The van der Waals surface area contributed by atoms with E-state index in [9.17, 15) is 4.79 Å². The van der Waals surface area contributed by atoms with Crippen molar-refractivity contribution in [2.75, 3.05) is 6.61 Å². The summed E-state index contributed by atoms with van der Waals surface area (Å²) in [4.78, 5) is 11.4. The van der Waals surface area contributed by atoms with Gasteiger partial charge in [-0.3, -0.25) is 4.79 Å². The van der Waals surface area contributed by atoms with Crippen LogP contribution in [-0.2, 0) is 14.3 Å². The SMILES string of the molecule is CC1CC(OCC(=O)C(C)C)CC(C)O1. The molecular weight excluding hydrogens is 192 g/mol. The van der Waals surface area contributed by atoms with Crippen LogP contribution in [0.2, 0.25) is 0 Å². The molecule has 88 valence electrons. The maximum absolute atomic E-state index is 11.4. The second-order valence-corrected chi connectivity index (χ2v) is 4.78. The van der Waals surface area contributed by atoms with Crippen molar-refractivity contribution >= 4 is 5.78 Å². The Balaban J connectivity index is 2.29. The van der Waals surface area contributed by atoms with Crippen LogP contribution in [0.25, 0.3) is 0 Å². The molecule has 0 spiro atoms. The van der Waals surface area contributed by atoms with Crippen molar-refractivity contribution in [3.05, 3.63) is 0 Å². The van der Waals surface area contributed by atoms with E-state index in [0.717, 1.165) is 12.8 Å². The molecule has 0 aliphatic carbocycles. The molecule has 1 heterocycles. The Morgan fingerprint density at radius 1 is 1.33 bits per heavy atom. The zero-order valence-electron chi connectivity index (χ0n) is 10.2. The van der Waals surface area contributed by atoms with E-state index in [4.69, 9.17) is 9.47 Å². The van der Waals surface area contributed by atoms with Crippen molar-refractivity contribution < 1.29 is 14.3 Å². The second-order valence-electron chi connectivity index (χ2n) is 4.78. The van der Waals surface area contributed by atoms with Gasteiger partial charge in [0.1, 0.15) is 6.61 Å². The lowest BCUT2D eigenvalue weighted by Crippen LogP contribution is -2.35. The quantitative estimate of drug-likeness (QED) is 0.719. The van der Waals surface area contributed by atoms with Crippen LogP contribution in [0, 0.1) is 5.92 Å². The Morgan fingerprint density at radius 3 is 2.33 bits per heavy atom. The molecule has 15 heavy (non-hydrogen) atoms. The average Bonchev–Trinajstić information content (AvgIpc) is 2.12. The van der Waals surface area contributed by atoms with Crippen molar-refractivity contribution in [2.45, 2.75) is 58.8 Å². The molecule has 0 aromatic carbocycles. The van der Waals surface area contributed by atoms with Crippen LogP contribution in [0.5, 0.6) is 0 Å². The number of hydrogen-bond acceptors (Lipinski definition) is 3. The van der Waals surface area contributed by atoms with Crippen LogP contribution in [0.15, 0.2) is 0 Å². The number of ketones is 1. The molecule has 1 aliphatic rings. The van der Waals surface area contributed by atoms with E-state index in [1.165, 1.54) is 0 Å². The van der Waals surface area contributed by atoms with Gasteiger partial charge in [0.25, 0.3) is 0 Å². The molecule has 0 aromatic rings. The molecule has 0 amide bonds. The molecule has 0 radical (unpaired) electrons. The monoisotopic (exact) mass is 214 g/mol. The Bertz CT molecular complexity index is 203. The van der Waals surface area contributed by atoms with Crippen LogP contribution in [-0.4, -0.2) is 30.7 Å². The zero-order valence-corrected chi connectivity index (χ0v) is 10.2. The fraction of sp³-hybridized carbons (Fsp3) is 0.917. The molecule has 1 aliphatic heterocycles. The van der Waals surface area contributed by atoms with E-state index in [2.05, 4.69) is 13.8 Å². The first-order valence-corrected chi connectivity index (χ1v) is 5.78. The minimum absolute atomic E-state index is 0.0692. The Labute approximate surface area is 92.1 Å². The first kappa shape index (κ1) is 12.7. The summed E-state index contributed by atoms with van der Waals surface area (Å²) in [5.74, 6) is 0.251. The highest BCUT2D eigenvalue weighted by molar-refractivity contribution is 5.81. The maximum atomic E-state index is 11.4. The summed E-state index contributed by atoms with van der Waals surface area (Å²) in [5.41, 5.74) is 0. The lowest BCUT2D eigenvalue weighted by atomic mass is 10.0. The second kappa shape index (κ2) is 5.61. The van der Waals surface area contributed by atoms with Crippen molar-refractivity contribution in [3.63, 3.8) is 0 Å². The van der Waals surface area contributed by atoms with Gasteiger partial charge in [0.15, 0.2) is 5.78 Å². The maximum Gasteiger partial charge on any atom is 0.160 e. The number of carbonyl (C=O) groups is 1. The van der Waals surface area contributed by atoms with Gasteiger partial charge in [0.2, 0.25) is 0 Å². The molecule has 3 heteroatoms. The molecule has 0 bridgehead atoms. The highest BCUT2D eigenvalue weighted by Gasteiger charge is 2.25. The standard InChI is InChI=1S/C12H22O3/c1-8(2)12(13)7-14-11-5-9(3)15-10(4)6-11/h8-11H,5-7H2,1-4H3. The van der Waals surface area contributed by atoms with Gasteiger partial charge >= 0.3 is 0 Å². The average molecular weight is 214 g/mol. The van der Waals surface area contributed by atoms with E-state index < -0.39 is 0 Å². The van der Waals surface area contributed by atoms with Gasteiger partial charge in [-0.2, -0.15) is 0 Å². The van der Waals surface area contributed by atoms with E-state index >= 15 is 0 Å². The molecule has 0 N–H and O–H groups in total. The molecular formula is C12H22O3. The predicted molar refractivity (Wildman–Crippen MR) is 58.8 cm³/mol. The molecule has 1 saturated heterocycles. The normalized spacial score (nSPS) is 31.9. The minimum Gasteiger partial charge on any atom is -0.375 e. The van der Waals surface area contributed by atoms with E-state index in [-0.39, 0.29) is 36.6 Å². The third-order valence-corrected chi connectivity index (χ3v) is 2.76. The lowest BCUT2D eigenvalue weighted by molar-refractivity contribution is -0.136. The van der Waals surface area contributed by atoms with Crippen molar-refractivity contribution in [2.24, 2.45) is 5.92 Å². The topological polar surface area (TPSA) is 35.5 Å². The largest absolute Gasteiger partial charge is 0.375 e. The summed E-state index contributed by atoms with van der Waals surface area (Å²) in [6.07, 6.45) is 2.47. The smallest absolute Gasteiger partial charge is 0.160 e. The van der Waals surface area contributed by atoms with Crippen molar-refractivity contribution in [3.8, 4) is 0 Å². The van der Waals surface area contributed by atoms with Gasteiger partial charge in [0, 0.05) is 5.92 Å². The zero-order chi connectivity index (χ0) is 11.4. The van der Waals surface area contributed by atoms with Crippen LogP contribution in [0.1, 0.15) is 40.5 Å². The van der Waals surface area contributed by atoms with Gasteiger partial charge in [-0.15, -0.1) is 0 Å². The Morgan fingerprint density at radius 2 is 1.87 bits per heavy atom. The predicted octanol–water partition coefficient (Wildman–Crippen LogP) is 2.18. The van der Waals surface area contributed by atoms with Gasteiger partial charge in [-0.05, 0) is 26.7 Å². The van der Waals surface area contributed by atoms with Gasteiger partial charge in [-0.1, -0.05) is 13.8 Å². The minimum atomic E-state index is 0.0692. The number of ether oxygens (including phenoxy) is 2. The fourth-order valence-corrected chi connectivity index (χ4v) is 1.85. The molecule has 1 fully saturated rings. The molecule has 0 aromatic heterocycles. The number of Topliss-reactive ketones (excluding diaryl/α,β-unsaturated/α-hetero) is 1. The van der Waals surface area contributed by atoms with E-state index in [1.54, 1.807) is 0 Å². The van der Waals surface area contributed by atoms with Crippen LogP contribution >= 0.6 is 0 Å². The Hall–Kier alpha value is -0.410. The number of hydrogen-bond donors (Lipinski definition) is 0. The third-order valence-electron chi connectivity index (χ3n) is 2.76. The lowest BCUT2D eigenvalue weighted by Gasteiger charge is -2.31. The third kappa shape index (κ3) is 4.31. The van der Waals surface area contributed by atoms with Crippen LogP contribution in [0.3, 0.4) is 0 Å². The molecule has 3 nitrogen and oxygen atoms in total.